The van der Waals surface area contributed by atoms with Gasteiger partial charge in [-0.05, 0) is 22.0 Å². The molecule has 7 heteroatoms. The number of hydrogen-bond donors (Lipinski definition) is 1. The first-order chi connectivity index (χ1) is 6.99. The molecule has 1 aromatic rings. The van der Waals surface area contributed by atoms with E-state index >= 15 is 0 Å². The highest BCUT2D eigenvalue weighted by Gasteiger charge is 2.21. The summed E-state index contributed by atoms with van der Waals surface area (Å²) in [6.45, 7) is 0. The molecule has 0 radical (unpaired) electrons. The minimum Gasteiger partial charge on any atom is -0.506 e. The van der Waals surface area contributed by atoms with Crippen LogP contribution in [0.4, 0.5) is 5.69 Å². The molecular weight excluding hydrogens is 289 g/mol. The van der Waals surface area contributed by atoms with Crippen molar-refractivity contribution in [1.29, 1.82) is 0 Å². The SMILES string of the molecule is O=C(CCl)c1ccc([N+](=O)[O-])c(Br)c1O. The zero-order chi connectivity index (χ0) is 11.6. The van der Waals surface area contributed by atoms with Gasteiger partial charge in [0.15, 0.2) is 5.78 Å². The molecule has 0 bridgehead atoms. The molecule has 1 rings (SSSR count). The van der Waals surface area contributed by atoms with Crippen molar-refractivity contribution < 1.29 is 14.8 Å². The van der Waals surface area contributed by atoms with Gasteiger partial charge in [0.25, 0.3) is 5.69 Å². The van der Waals surface area contributed by atoms with Crippen LogP contribution in [-0.4, -0.2) is 21.7 Å². The number of carbonyl (C=O) groups is 1. The van der Waals surface area contributed by atoms with Crippen molar-refractivity contribution in [3.8, 4) is 5.75 Å². The molecular formula is C8H5BrClNO4. The van der Waals surface area contributed by atoms with E-state index in [1.54, 1.807) is 0 Å². The summed E-state index contributed by atoms with van der Waals surface area (Å²) >= 11 is 8.15. The monoisotopic (exact) mass is 293 g/mol. The molecule has 0 amide bonds. The minimum absolute atomic E-state index is 0.0394. The molecule has 1 aromatic carbocycles. The first-order valence-electron chi connectivity index (χ1n) is 3.74. The molecule has 0 aliphatic carbocycles. The van der Waals surface area contributed by atoms with Crippen LogP contribution in [0.25, 0.3) is 0 Å². The number of rotatable bonds is 3. The maximum Gasteiger partial charge on any atom is 0.287 e. The number of nitro groups is 1. The molecule has 0 aromatic heterocycles. The fraction of sp³-hybridized carbons (Fsp3) is 0.125. The van der Waals surface area contributed by atoms with E-state index in [9.17, 15) is 20.0 Å². The second-order valence-corrected chi connectivity index (χ2v) is 3.67. The summed E-state index contributed by atoms with van der Waals surface area (Å²) in [5.74, 6) is -1.25. The van der Waals surface area contributed by atoms with Gasteiger partial charge in [-0.3, -0.25) is 14.9 Å². The number of nitro benzene ring substituents is 1. The van der Waals surface area contributed by atoms with Crippen molar-refractivity contribution in [2.45, 2.75) is 0 Å². The third-order valence-electron chi connectivity index (χ3n) is 1.71. The molecule has 80 valence electrons. The summed E-state index contributed by atoms with van der Waals surface area (Å²) in [5.41, 5.74) is -0.346. The lowest BCUT2D eigenvalue weighted by molar-refractivity contribution is -0.385. The lowest BCUT2D eigenvalue weighted by Gasteiger charge is -2.03. The first-order valence-corrected chi connectivity index (χ1v) is 5.06. The lowest BCUT2D eigenvalue weighted by atomic mass is 10.1. The van der Waals surface area contributed by atoms with Crippen molar-refractivity contribution in [3.63, 3.8) is 0 Å². The summed E-state index contributed by atoms with van der Waals surface area (Å²) in [4.78, 5) is 21.0. The van der Waals surface area contributed by atoms with E-state index in [4.69, 9.17) is 11.6 Å². The predicted molar refractivity (Wildman–Crippen MR) is 57.5 cm³/mol. The molecule has 0 atom stereocenters. The van der Waals surface area contributed by atoms with Crippen molar-refractivity contribution in [2.75, 3.05) is 5.88 Å². The van der Waals surface area contributed by atoms with Crippen molar-refractivity contribution in [1.82, 2.24) is 0 Å². The van der Waals surface area contributed by atoms with Gasteiger partial charge in [-0.25, -0.2) is 0 Å². The topological polar surface area (TPSA) is 80.4 Å². The molecule has 0 spiro atoms. The second-order valence-electron chi connectivity index (χ2n) is 2.61. The number of benzene rings is 1. The maximum absolute atomic E-state index is 11.2. The number of carbonyl (C=O) groups excluding carboxylic acids is 1. The van der Waals surface area contributed by atoms with Crippen LogP contribution in [0.15, 0.2) is 16.6 Å². The summed E-state index contributed by atoms with van der Waals surface area (Å²) in [6.07, 6.45) is 0. The molecule has 0 heterocycles. The highest BCUT2D eigenvalue weighted by atomic mass is 79.9. The fourth-order valence-electron chi connectivity index (χ4n) is 0.992. The Morgan fingerprint density at radius 1 is 1.60 bits per heavy atom. The van der Waals surface area contributed by atoms with Crippen LogP contribution < -0.4 is 0 Å². The Kier molecular flexibility index (Phi) is 3.65. The summed E-state index contributed by atoms with van der Waals surface area (Å²) in [5, 5.41) is 20.0. The zero-order valence-electron chi connectivity index (χ0n) is 7.24. The Morgan fingerprint density at radius 2 is 2.20 bits per heavy atom. The Bertz CT molecular complexity index is 435. The molecule has 0 saturated carbocycles. The number of hydrogen-bond acceptors (Lipinski definition) is 4. The Balaban J connectivity index is 3.33. The zero-order valence-corrected chi connectivity index (χ0v) is 9.58. The van der Waals surface area contributed by atoms with Crippen LogP contribution >= 0.6 is 27.5 Å². The average molecular weight is 294 g/mol. The van der Waals surface area contributed by atoms with Gasteiger partial charge in [-0.1, -0.05) is 0 Å². The van der Waals surface area contributed by atoms with Gasteiger partial charge in [0, 0.05) is 6.07 Å². The number of nitrogens with zero attached hydrogens (tertiary/aromatic N) is 1. The molecule has 0 unspecified atom stereocenters. The number of ketones is 1. The van der Waals surface area contributed by atoms with Crippen LogP contribution in [0.1, 0.15) is 10.4 Å². The molecule has 15 heavy (non-hydrogen) atoms. The number of alkyl halides is 1. The van der Waals surface area contributed by atoms with Crippen LogP contribution in [0.2, 0.25) is 0 Å². The smallest absolute Gasteiger partial charge is 0.287 e. The van der Waals surface area contributed by atoms with Crippen LogP contribution in [0, 0.1) is 10.1 Å². The first kappa shape index (κ1) is 11.9. The number of Topliss-reactive ketones (excluding diaryl/α,β-unsaturated/α-hetero) is 1. The largest absolute Gasteiger partial charge is 0.506 e. The van der Waals surface area contributed by atoms with Gasteiger partial charge in [0.2, 0.25) is 0 Å². The normalized spacial score (nSPS) is 10.0. The Labute approximate surface area is 97.9 Å². The third-order valence-corrected chi connectivity index (χ3v) is 2.74. The van der Waals surface area contributed by atoms with Crippen molar-refractivity contribution in [2.24, 2.45) is 0 Å². The van der Waals surface area contributed by atoms with Gasteiger partial charge >= 0.3 is 0 Å². The maximum atomic E-state index is 11.2. The summed E-state index contributed by atoms with van der Waals surface area (Å²) in [7, 11) is 0. The van der Waals surface area contributed by atoms with E-state index in [1.807, 2.05) is 0 Å². The Morgan fingerprint density at radius 3 is 2.67 bits per heavy atom. The second kappa shape index (κ2) is 4.59. The van der Waals surface area contributed by atoms with E-state index in [-0.39, 0.29) is 21.6 Å². The number of halogens is 2. The summed E-state index contributed by atoms with van der Waals surface area (Å²) in [6, 6.07) is 2.30. The van der Waals surface area contributed by atoms with Gasteiger partial charge in [-0.2, -0.15) is 0 Å². The van der Waals surface area contributed by atoms with E-state index in [0.29, 0.717) is 0 Å². The minimum atomic E-state index is -0.668. The molecule has 5 nitrogen and oxygen atoms in total. The molecule has 0 fully saturated rings. The molecule has 0 aliphatic rings. The van der Waals surface area contributed by atoms with Gasteiger partial charge in [0.1, 0.15) is 10.2 Å². The van der Waals surface area contributed by atoms with E-state index in [1.165, 1.54) is 6.07 Å². The van der Waals surface area contributed by atoms with Crippen LogP contribution in [0.3, 0.4) is 0 Å². The van der Waals surface area contributed by atoms with Gasteiger partial charge < -0.3 is 5.11 Å². The average Bonchev–Trinajstić information content (AvgIpc) is 2.20. The van der Waals surface area contributed by atoms with E-state index in [0.717, 1.165) is 6.07 Å². The molecule has 0 aliphatic heterocycles. The quantitative estimate of drug-likeness (QED) is 0.402. The van der Waals surface area contributed by atoms with Gasteiger partial charge in [-0.15, -0.1) is 11.6 Å². The van der Waals surface area contributed by atoms with E-state index in [2.05, 4.69) is 15.9 Å². The highest BCUT2D eigenvalue weighted by Crippen LogP contribution is 2.36. The lowest BCUT2D eigenvalue weighted by Crippen LogP contribution is -2.02. The van der Waals surface area contributed by atoms with Crippen LogP contribution in [0.5, 0.6) is 5.75 Å². The third kappa shape index (κ3) is 2.27. The van der Waals surface area contributed by atoms with Crippen molar-refractivity contribution >= 4 is 39.0 Å². The standard InChI is InChI=1S/C8H5BrClNO4/c9-7-5(11(14)15)2-1-4(8(7)13)6(12)3-10/h1-2,13H,3H2. The fourth-order valence-corrected chi connectivity index (χ4v) is 1.63. The molecule has 0 saturated heterocycles. The number of aromatic hydroxyl groups is 1. The number of phenolic OH excluding ortho intramolecular Hbond substituents is 1. The Hall–Kier alpha value is -1.14. The van der Waals surface area contributed by atoms with Crippen LogP contribution in [-0.2, 0) is 0 Å². The predicted octanol–water partition coefficient (Wildman–Crippen LogP) is 2.48. The van der Waals surface area contributed by atoms with E-state index < -0.39 is 16.5 Å². The van der Waals surface area contributed by atoms with Gasteiger partial charge in [0.05, 0.1) is 16.4 Å². The highest BCUT2D eigenvalue weighted by molar-refractivity contribution is 9.10. The molecule has 1 N–H and O–H groups in total. The van der Waals surface area contributed by atoms with Crippen molar-refractivity contribution in [3.05, 3.63) is 32.3 Å². The number of phenols is 1. The summed E-state index contributed by atoms with van der Waals surface area (Å²) < 4.78 is -0.122.